The second kappa shape index (κ2) is 8.29. The molecule has 0 saturated carbocycles. The number of benzene rings is 2. The molecule has 1 saturated heterocycles. The van der Waals surface area contributed by atoms with E-state index in [0.29, 0.717) is 11.6 Å². The molecular formula is C24H30N2O2+2. The van der Waals surface area contributed by atoms with Gasteiger partial charge < -0.3 is 14.6 Å². The van der Waals surface area contributed by atoms with E-state index >= 15 is 0 Å². The molecule has 146 valence electrons. The first-order valence-corrected chi connectivity index (χ1v) is 10.4. The first-order valence-electron chi connectivity index (χ1n) is 10.4. The third-order valence-corrected chi connectivity index (χ3v) is 6.15. The Bertz CT molecular complexity index is 1000. The first kappa shape index (κ1) is 18.9. The zero-order chi connectivity index (χ0) is 19.5. The van der Waals surface area contributed by atoms with Gasteiger partial charge in [0.1, 0.15) is 18.7 Å². The molecule has 2 aromatic carbocycles. The Morgan fingerprint density at radius 3 is 2.50 bits per heavy atom. The van der Waals surface area contributed by atoms with Gasteiger partial charge in [0.2, 0.25) is 0 Å². The molecule has 0 unspecified atom stereocenters. The lowest BCUT2D eigenvalue weighted by Crippen LogP contribution is -3.13. The van der Waals surface area contributed by atoms with Gasteiger partial charge in [-0.15, -0.1) is 0 Å². The molecule has 0 bridgehead atoms. The highest BCUT2D eigenvalue weighted by Gasteiger charge is 2.28. The maximum atomic E-state index is 12.0. The maximum Gasteiger partial charge on any atom is 0.336 e. The van der Waals surface area contributed by atoms with E-state index in [0.717, 1.165) is 29.6 Å². The van der Waals surface area contributed by atoms with Crippen LogP contribution in [0.1, 0.15) is 41.1 Å². The van der Waals surface area contributed by atoms with E-state index in [1.165, 1.54) is 37.1 Å². The third kappa shape index (κ3) is 4.03. The van der Waals surface area contributed by atoms with Crippen LogP contribution in [0, 0.1) is 13.8 Å². The van der Waals surface area contributed by atoms with E-state index in [9.17, 15) is 4.79 Å². The number of fused-ring (bicyclic) bond motifs is 1. The highest BCUT2D eigenvalue weighted by atomic mass is 16.4. The minimum absolute atomic E-state index is 0.260. The number of hydrogen-bond donors (Lipinski definition) is 2. The number of nitrogens with two attached hydrogens (primary N) is 1. The molecule has 2 heterocycles. The van der Waals surface area contributed by atoms with Crippen molar-refractivity contribution in [2.24, 2.45) is 0 Å². The van der Waals surface area contributed by atoms with Gasteiger partial charge in [0, 0.05) is 35.4 Å². The van der Waals surface area contributed by atoms with Crippen molar-refractivity contribution in [1.29, 1.82) is 0 Å². The molecule has 0 aliphatic carbocycles. The molecule has 0 radical (unpaired) electrons. The van der Waals surface area contributed by atoms with E-state index in [4.69, 9.17) is 4.42 Å². The molecule has 0 amide bonds. The minimum Gasteiger partial charge on any atom is -0.423 e. The van der Waals surface area contributed by atoms with Crippen molar-refractivity contribution >= 4 is 11.0 Å². The van der Waals surface area contributed by atoms with Crippen molar-refractivity contribution in [2.75, 3.05) is 19.6 Å². The quantitative estimate of drug-likeness (QED) is 0.644. The molecule has 1 aromatic heterocycles. The summed E-state index contributed by atoms with van der Waals surface area (Å²) in [6, 6.07) is 17.2. The molecule has 1 aliphatic heterocycles. The van der Waals surface area contributed by atoms with Crippen LogP contribution in [0.4, 0.5) is 0 Å². The summed E-state index contributed by atoms with van der Waals surface area (Å²) in [6.45, 7) is 8.48. The zero-order valence-electron chi connectivity index (χ0n) is 16.8. The van der Waals surface area contributed by atoms with Gasteiger partial charge in [-0.05, 0) is 37.1 Å². The van der Waals surface area contributed by atoms with Crippen LogP contribution in [0.3, 0.4) is 0 Å². The van der Waals surface area contributed by atoms with Crippen molar-refractivity contribution in [3.8, 4) is 0 Å². The van der Waals surface area contributed by atoms with Crippen molar-refractivity contribution in [3.63, 3.8) is 0 Å². The van der Waals surface area contributed by atoms with Crippen LogP contribution in [0.5, 0.6) is 0 Å². The Hall–Kier alpha value is -2.43. The summed E-state index contributed by atoms with van der Waals surface area (Å²) in [7, 11) is 0. The molecular weight excluding hydrogens is 348 g/mol. The van der Waals surface area contributed by atoms with Crippen LogP contribution in [0.15, 0.2) is 57.7 Å². The number of quaternary nitrogens is 2. The molecule has 4 rings (SSSR count). The van der Waals surface area contributed by atoms with Crippen molar-refractivity contribution < 1.29 is 14.6 Å². The second-order valence-corrected chi connectivity index (χ2v) is 8.08. The predicted octanol–water partition coefficient (Wildman–Crippen LogP) is 1.89. The SMILES string of the molecule is Cc1cc2oc(=O)cc(C[NH2+]C[C@H](c3ccccc3)[NH+]3CCCC3)c2cc1C. The monoisotopic (exact) mass is 378 g/mol. The smallest absolute Gasteiger partial charge is 0.336 e. The van der Waals surface area contributed by atoms with Gasteiger partial charge in [0.25, 0.3) is 0 Å². The maximum absolute atomic E-state index is 12.0. The lowest BCUT2D eigenvalue weighted by atomic mass is 10.0. The molecule has 4 heteroatoms. The Morgan fingerprint density at radius 1 is 1.04 bits per heavy atom. The average molecular weight is 379 g/mol. The highest BCUT2D eigenvalue weighted by molar-refractivity contribution is 5.81. The van der Waals surface area contributed by atoms with Crippen molar-refractivity contribution in [2.45, 2.75) is 39.3 Å². The fourth-order valence-electron chi connectivity index (χ4n) is 4.46. The van der Waals surface area contributed by atoms with Crippen LogP contribution in [0.25, 0.3) is 11.0 Å². The Labute approximate surface area is 166 Å². The van der Waals surface area contributed by atoms with E-state index in [2.05, 4.69) is 55.6 Å². The third-order valence-electron chi connectivity index (χ3n) is 6.15. The molecule has 28 heavy (non-hydrogen) atoms. The van der Waals surface area contributed by atoms with Crippen LogP contribution in [-0.4, -0.2) is 19.6 Å². The highest BCUT2D eigenvalue weighted by Crippen LogP contribution is 2.21. The van der Waals surface area contributed by atoms with Gasteiger partial charge in [0.15, 0.2) is 6.04 Å². The van der Waals surface area contributed by atoms with E-state index in [-0.39, 0.29) is 5.63 Å². The summed E-state index contributed by atoms with van der Waals surface area (Å²) in [5.41, 5.74) is 5.30. The van der Waals surface area contributed by atoms with Gasteiger partial charge in [-0.2, -0.15) is 0 Å². The average Bonchev–Trinajstić information content (AvgIpc) is 3.21. The van der Waals surface area contributed by atoms with Gasteiger partial charge >= 0.3 is 5.63 Å². The molecule has 4 nitrogen and oxygen atoms in total. The molecule has 0 spiro atoms. The summed E-state index contributed by atoms with van der Waals surface area (Å²) < 4.78 is 5.44. The van der Waals surface area contributed by atoms with E-state index in [1.54, 1.807) is 11.0 Å². The van der Waals surface area contributed by atoms with Crippen LogP contribution < -0.4 is 15.8 Å². The number of likely N-dealkylation sites (tertiary alicyclic amines) is 1. The fraction of sp³-hybridized carbons (Fsp3) is 0.375. The standard InChI is InChI=1S/C24H28N2O2/c1-17-12-21-20(14-24(27)28-23(21)13-18(17)2)15-25-16-22(26-10-6-7-11-26)19-8-4-3-5-9-19/h3-5,8-9,12-14,22,25H,6-7,10-11,15-16H2,1-2H3/p+2/t22-/m1/s1. The van der Waals surface area contributed by atoms with E-state index in [1.807, 2.05) is 6.07 Å². The number of nitrogens with one attached hydrogen (secondary N) is 1. The second-order valence-electron chi connectivity index (χ2n) is 8.08. The zero-order valence-corrected chi connectivity index (χ0v) is 16.8. The van der Waals surface area contributed by atoms with Crippen LogP contribution >= 0.6 is 0 Å². The molecule has 1 atom stereocenters. The summed E-state index contributed by atoms with van der Waals surface area (Å²) >= 11 is 0. The number of aryl methyl sites for hydroxylation is 2. The van der Waals surface area contributed by atoms with Gasteiger partial charge in [0.05, 0.1) is 13.1 Å². The van der Waals surface area contributed by atoms with Crippen LogP contribution in [0.2, 0.25) is 0 Å². The summed E-state index contributed by atoms with van der Waals surface area (Å²) in [5.74, 6) is 0. The van der Waals surface area contributed by atoms with Crippen LogP contribution in [-0.2, 0) is 6.54 Å². The van der Waals surface area contributed by atoms with Gasteiger partial charge in [-0.25, -0.2) is 4.79 Å². The Kier molecular flexibility index (Phi) is 5.60. The Balaban J connectivity index is 1.55. The summed E-state index contributed by atoms with van der Waals surface area (Å²) in [6.07, 6.45) is 2.64. The molecule has 1 fully saturated rings. The lowest BCUT2D eigenvalue weighted by molar-refractivity contribution is -0.935. The normalized spacial score (nSPS) is 15.9. The largest absolute Gasteiger partial charge is 0.423 e. The number of rotatable bonds is 6. The minimum atomic E-state index is -0.260. The van der Waals surface area contributed by atoms with Crippen molar-refractivity contribution in [1.82, 2.24) is 0 Å². The molecule has 1 aliphatic rings. The van der Waals surface area contributed by atoms with Crippen molar-refractivity contribution in [3.05, 3.63) is 81.2 Å². The van der Waals surface area contributed by atoms with E-state index < -0.39 is 0 Å². The predicted molar refractivity (Wildman–Crippen MR) is 112 cm³/mol. The topological polar surface area (TPSA) is 51.3 Å². The molecule has 3 aromatic rings. The fourth-order valence-corrected chi connectivity index (χ4v) is 4.46. The first-order chi connectivity index (χ1) is 13.6. The van der Waals surface area contributed by atoms with Gasteiger partial charge in [-0.3, -0.25) is 0 Å². The Morgan fingerprint density at radius 2 is 1.75 bits per heavy atom. The van der Waals surface area contributed by atoms with Gasteiger partial charge in [-0.1, -0.05) is 30.3 Å². The molecule has 3 N–H and O–H groups in total. The summed E-state index contributed by atoms with van der Waals surface area (Å²) in [4.78, 5) is 13.7. The summed E-state index contributed by atoms with van der Waals surface area (Å²) in [5, 5.41) is 3.41. The lowest BCUT2D eigenvalue weighted by Gasteiger charge is -2.23. The number of hydrogen-bond acceptors (Lipinski definition) is 2.